The van der Waals surface area contributed by atoms with Gasteiger partial charge in [0.25, 0.3) is 5.91 Å². The van der Waals surface area contributed by atoms with Crippen LogP contribution in [-0.4, -0.2) is 29.9 Å². The number of anilines is 2. The molecule has 1 saturated carbocycles. The molecule has 0 saturated heterocycles. The Morgan fingerprint density at radius 1 is 1.26 bits per heavy atom. The van der Waals surface area contributed by atoms with E-state index in [9.17, 15) is 9.59 Å². The molecule has 0 spiro atoms. The van der Waals surface area contributed by atoms with Gasteiger partial charge in [-0.15, -0.1) is 0 Å². The molecule has 0 bridgehead atoms. The van der Waals surface area contributed by atoms with E-state index in [-0.39, 0.29) is 11.8 Å². The SMILES string of the molecule is COc1cc(N)c(Cl)cc1C(=O)Nc1ccc(CN(C(C)=O)C2CC2)cc1. The third-order valence-corrected chi connectivity index (χ3v) is 4.85. The zero-order valence-electron chi connectivity index (χ0n) is 15.3. The summed E-state index contributed by atoms with van der Waals surface area (Å²) in [6, 6.07) is 10.8. The zero-order valence-corrected chi connectivity index (χ0v) is 16.0. The number of hydrogen-bond acceptors (Lipinski definition) is 4. The molecule has 3 rings (SSSR count). The Morgan fingerprint density at radius 2 is 1.93 bits per heavy atom. The molecule has 3 N–H and O–H groups in total. The zero-order chi connectivity index (χ0) is 19.6. The highest BCUT2D eigenvalue weighted by Gasteiger charge is 2.30. The van der Waals surface area contributed by atoms with Crippen molar-refractivity contribution in [2.24, 2.45) is 0 Å². The van der Waals surface area contributed by atoms with Gasteiger partial charge in [0.2, 0.25) is 5.91 Å². The molecule has 6 nitrogen and oxygen atoms in total. The Hall–Kier alpha value is -2.73. The van der Waals surface area contributed by atoms with Crippen molar-refractivity contribution in [2.75, 3.05) is 18.2 Å². The van der Waals surface area contributed by atoms with Crippen molar-refractivity contribution in [1.29, 1.82) is 0 Å². The summed E-state index contributed by atoms with van der Waals surface area (Å²) in [5, 5.41) is 3.11. The molecular weight excluding hydrogens is 366 g/mol. The van der Waals surface area contributed by atoms with E-state index in [0.717, 1.165) is 18.4 Å². The van der Waals surface area contributed by atoms with Crippen molar-refractivity contribution in [3.8, 4) is 5.75 Å². The average Bonchev–Trinajstić information content (AvgIpc) is 3.47. The third-order valence-electron chi connectivity index (χ3n) is 4.52. The monoisotopic (exact) mass is 387 g/mol. The van der Waals surface area contributed by atoms with Gasteiger partial charge in [-0.3, -0.25) is 9.59 Å². The van der Waals surface area contributed by atoms with Crippen LogP contribution in [0.1, 0.15) is 35.7 Å². The number of methoxy groups -OCH3 is 1. The Kier molecular flexibility index (Phi) is 5.56. The highest BCUT2D eigenvalue weighted by molar-refractivity contribution is 6.33. The number of halogens is 1. The number of amides is 2. The van der Waals surface area contributed by atoms with E-state index < -0.39 is 0 Å². The Labute approximate surface area is 163 Å². The minimum atomic E-state index is -0.343. The molecule has 0 heterocycles. The summed E-state index contributed by atoms with van der Waals surface area (Å²) >= 11 is 6.02. The number of nitrogens with two attached hydrogens (primary N) is 1. The number of hydrogen-bond donors (Lipinski definition) is 2. The number of ether oxygens (including phenoxy) is 1. The summed E-state index contributed by atoms with van der Waals surface area (Å²) in [5.74, 6) is 0.0969. The van der Waals surface area contributed by atoms with Crippen molar-refractivity contribution >= 4 is 34.8 Å². The molecular formula is C20H22ClN3O3. The fourth-order valence-corrected chi connectivity index (χ4v) is 3.05. The van der Waals surface area contributed by atoms with Crippen molar-refractivity contribution in [3.05, 3.63) is 52.5 Å². The number of carbonyl (C=O) groups excluding carboxylic acids is 2. The Bertz CT molecular complexity index is 864. The summed E-state index contributed by atoms with van der Waals surface area (Å²) in [5.41, 5.74) is 8.06. The van der Waals surface area contributed by atoms with E-state index in [0.29, 0.717) is 40.3 Å². The lowest BCUT2D eigenvalue weighted by Gasteiger charge is -2.20. The van der Waals surface area contributed by atoms with Crippen LogP contribution in [0.2, 0.25) is 5.02 Å². The first kappa shape index (κ1) is 19.0. The van der Waals surface area contributed by atoms with E-state index in [1.54, 1.807) is 6.92 Å². The number of nitrogen functional groups attached to an aromatic ring is 1. The highest BCUT2D eigenvalue weighted by atomic mass is 35.5. The molecule has 142 valence electrons. The number of rotatable bonds is 6. The largest absolute Gasteiger partial charge is 0.496 e. The lowest BCUT2D eigenvalue weighted by Crippen LogP contribution is -2.30. The van der Waals surface area contributed by atoms with Crippen LogP contribution >= 0.6 is 11.6 Å². The molecule has 1 aliphatic carbocycles. The van der Waals surface area contributed by atoms with Crippen LogP contribution in [0.15, 0.2) is 36.4 Å². The van der Waals surface area contributed by atoms with Crippen LogP contribution in [0.4, 0.5) is 11.4 Å². The number of benzene rings is 2. The van der Waals surface area contributed by atoms with Gasteiger partial charge in [0.15, 0.2) is 0 Å². The second-order valence-electron chi connectivity index (χ2n) is 6.60. The lowest BCUT2D eigenvalue weighted by atomic mass is 10.1. The van der Waals surface area contributed by atoms with Crippen LogP contribution < -0.4 is 15.8 Å². The molecule has 2 aromatic rings. The van der Waals surface area contributed by atoms with Gasteiger partial charge in [-0.05, 0) is 36.6 Å². The highest BCUT2D eigenvalue weighted by Crippen LogP contribution is 2.30. The summed E-state index contributed by atoms with van der Waals surface area (Å²) in [4.78, 5) is 26.2. The minimum Gasteiger partial charge on any atom is -0.496 e. The first-order valence-corrected chi connectivity index (χ1v) is 9.07. The van der Waals surface area contributed by atoms with Crippen LogP contribution in [-0.2, 0) is 11.3 Å². The van der Waals surface area contributed by atoms with Gasteiger partial charge >= 0.3 is 0 Å². The van der Waals surface area contributed by atoms with Gasteiger partial charge < -0.3 is 20.7 Å². The summed E-state index contributed by atoms with van der Waals surface area (Å²) in [7, 11) is 1.47. The van der Waals surface area contributed by atoms with Crippen molar-refractivity contribution in [2.45, 2.75) is 32.4 Å². The molecule has 7 heteroatoms. The van der Waals surface area contributed by atoms with Crippen LogP contribution in [0.25, 0.3) is 0 Å². The maximum Gasteiger partial charge on any atom is 0.259 e. The molecule has 0 unspecified atom stereocenters. The Balaban J connectivity index is 1.70. The van der Waals surface area contributed by atoms with Crippen molar-refractivity contribution < 1.29 is 14.3 Å². The molecule has 27 heavy (non-hydrogen) atoms. The topological polar surface area (TPSA) is 84.7 Å². The fourth-order valence-electron chi connectivity index (χ4n) is 2.89. The predicted molar refractivity (Wildman–Crippen MR) is 106 cm³/mol. The van der Waals surface area contributed by atoms with Gasteiger partial charge in [-0.1, -0.05) is 23.7 Å². The summed E-state index contributed by atoms with van der Waals surface area (Å²) in [6.45, 7) is 2.17. The van der Waals surface area contributed by atoms with Crippen molar-refractivity contribution in [1.82, 2.24) is 4.90 Å². The quantitative estimate of drug-likeness (QED) is 0.740. The molecule has 0 aliphatic heterocycles. The van der Waals surface area contributed by atoms with Crippen LogP contribution in [0.5, 0.6) is 5.75 Å². The third kappa shape index (κ3) is 4.52. The average molecular weight is 388 g/mol. The second kappa shape index (κ2) is 7.88. The standard InChI is InChI=1S/C20H22ClN3O3/c1-12(25)24(15-7-8-15)11-13-3-5-14(6-4-13)23-20(26)16-9-17(21)18(22)10-19(16)27-2/h3-6,9-10,15H,7-8,11,22H2,1-2H3,(H,23,26). The first-order chi connectivity index (χ1) is 12.9. The van der Waals surface area contributed by atoms with E-state index in [1.165, 1.54) is 19.2 Å². The lowest BCUT2D eigenvalue weighted by molar-refractivity contribution is -0.130. The van der Waals surface area contributed by atoms with E-state index in [1.807, 2.05) is 29.2 Å². The van der Waals surface area contributed by atoms with Crippen molar-refractivity contribution in [3.63, 3.8) is 0 Å². The van der Waals surface area contributed by atoms with Gasteiger partial charge in [-0.2, -0.15) is 0 Å². The second-order valence-corrected chi connectivity index (χ2v) is 7.01. The number of nitrogens with one attached hydrogen (secondary N) is 1. The van der Waals surface area contributed by atoms with Crippen LogP contribution in [0, 0.1) is 0 Å². The Morgan fingerprint density at radius 3 is 2.48 bits per heavy atom. The first-order valence-electron chi connectivity index (χ1n) is 8.69. The molecule has 0 radical (unpaired) electrons. The van der Waals surface area contributed by atoms with Gasteiger partial charge in [0.1, 0.15) is 5.75 Å². The molecule has 0 atom stereocenters. The van der Waals surface area contributed by atoms with Crippen LogP contribution in [0.3, 0.4) is 0 Å². The fraction of sp³-hybridized carbons (Fsp3) is 0.300. The predicted octanol–water partition coefficient (Wildman–Crippen LogP) is 3.69. The summed E-state index contributed by atoms with van der Waals surface area (Å²) < 4.78 is 5.22. The minimum absolute atomic E-state index is 0.0854. The van der Waals surface area contributed by atoms with Gasteiger partial charge in [-0.25, -0.2) is 0 Å². The molecule has 1 fully saturated rings. The maximum atomic E-state index is 12.6. The molecule has 1 aliphatic rings. The number of nitrogens with zero attached hydrogens (tertiary/aromatic N) is 1. The normalized spacial score (nSPS) is 13.1. The smallest absolute Gasteiger partial charge is 0.259 e. The van der Waals surface area contributed by atoms with E-state index in [4.69, 9.17) is 22.1 Å². The van der Waals surface area contributed by atoms with Gasteiger partial charge in [0, 0.05) is 31.3 Å². The molecule has 0 aromatic heterocycles. The summed E-state index contributed by atoms with van der Waals surface area (Å²) in [6.07, 6.45) is 2.14. The van der Waals surface area contributed by atoms with E-state index >= 15 is 0 Å². The molecule has 2 amide bonds. The maximum absolute atomic E-state index is 12.6. The van der Waals surface area contributed by atoms with Gasteiger partial charge in [0.05, 0.1) is 23.4 Å². The van der Waals surface area contributed by atoms with E-state index in [2.05, 4.69) is 5.32 Å². The molecule has 2 aromatic carbocycles. The number of carbonyl (C=O) groups is 2.